The van der Waals surface area contributed by atoms with Crippen molar-refractivity contribution in [1.82, 2.24) is 14.8 Å². The summed E-state index contributed by atoms with van der Waals surface area (Å²) in [5.74, 6) is -1.31. The molecule has 0 bridgehead atoms. The Morgan fingerprint density at radius 2 is 2.08 bits per heavy atom. The second-order valence-electron chi connectivity index (χ2n) is 5.00. The minimum atomic E-state index is -4.60. The highest BCUT2D eigenvalue weighted by Crippen LogP contribution is 2.32. The number of rotatable bonds is 5. The van der Waals surface area contributed by atoms with Crippen LogP contribution in [0.5, 0.6) is 5.75 Å². The summed E-state index contributed by atoms with van der Waals surface area (Å²) in [7, 11) is 2.62. The normalized spacial score (nSPS) is 11.5. The molecule has 1 amide bonds. The van der Waals surface area contributed by atoms with Gasteiger partial charge in [0.15, 0.2) is 5.16 Å². The quantitative estimate of drug-likeness (QED) is 0.785. The van der Waals surface area contributed by atoms with Crippen LogP contribution in [0.15, 0.2) is 17.3 Å². The first-order valence-electron chi connectivity index (χ1n) is 6.87. The molecule has 0 fully saturated rings. The molecule has 1 heterocycles. The number of thioether (sulfide) groups is 1. The Bertz CT molecular complexity index is 795. The molecule has 6 nitrogen and oxygen atoms in total. The van der Waals surface area contributed by atoms with E-state index in [4.69, 9.17) is 16.3 Å². The lowest BCUT2D eigenvalue weighted by atomic mass is 10.2. The molecule has 11 heteroatoms. The van der Waals surface area contributed by atoms with Gasteiger partial charge in [0.1, 0.15) is 5.75 Å². The molecule has 0 atom stereocenters. The van der Waals surface area contributed by atoms with Crippen LogP contribution in [0.4, 0.5) is 18.9 Å². The van der Waals surface area contributed by atoms with E-state index in [-0.39, 0.29) is 10.9 Å². The number of methoxy groups -OCH3 is 1. The van der Waals surface area contributed by atoms with Gasteiger partial charge in [0.05, 0.1) is 18.6 Å². The number of ether oxygens (including phenoxy) is 1. The van der Waals surface area contributed by atoms with E-state index < -0.39 is 17.9 Å². The highest BCUT2D eigenvalue weighted by atomic mass is 35.5. The number of hydrogen-bond donors (Lipinski definition) is 1. The third-order valence-corrected chi connectivity index (χ3v) is 4.60. The number of aryl methyl sites for hydroxylation is 1. The Labute approximate surface area is 150 Å². The van der Waals surface area contributed by atoms with Gasteiger partial charge in [0.25, 0.3) is 0 Å². The highest BCUT2D eigenvalue weighted by Gasteiger charge is 2.37. The van der Waals surface area contributed by atoms with Crippen LogP contribution in [-0.4, -0.2) is 33.5 Å². The van der Waals surface area contributed by atoms with Crippen LogP contribution in [0.3, 0.4) is 0 Å². The average molecular weight is 395 g/mol. The lowest BCUT2D eigenvalue weighted by Crippen LogP contribution is -2.16. The highest BCUT2D eigenvalue weighted by molar-refractivity contribution is 7.99. The number of alkyl halides is 3. The zero-order chi connectivity index (χ0) is 18.8. The molecule has 0 radical (unpaired) electrons. The van der Waals surface area contributed by atoms with E-state index in [1.807, 2.05) is 0 Å². The summed E-state index contributed by atoms with van der Waals surface area (Å²) in [5.41, 5.74) is 1.16. The van der Waals surface area contributed by atoms with Crippen LogP contribution in [0, 0.1) is 6.92 Å². The van der Waals surface area contributed by atoms with Gasteiger partial charge in [-0.15, -0.1) is 10.2 Å². The topological polar surface area (TPSA) is 69.0 Å². The zero-order valence-corrected chi connectivity index (χ0v) is 15.0. The van der Waals surface area contributed by atoms with Crippen molar-refractivity contribution in [3.8, 4) is 5.75 Å². The maximum Gasteiger partial charge on any atom is 0.451 e. The zero-order valence-electron chi connectivity index (χ0n) is 13.4. The monoisotopic (exact) mass is 394 g/mol. The van der Waals surface area contributed by atoms with Crippen molar-refractivity contribution in [1.29, 1.82) is 0 Å². The van der Waals surface area contributed by atoms with Crippen LogP contribution in [0.1, 0.15) is 11.4 Å². The van der Waals surface area contributed by atoms with Gasteiger partial charge in [-0.3, -0.25) is 4.79 Å². The summed E-state index contributed by atoms with van der Waals surface area (Å²) in [6.07, 6.45) is -4.60. The van der Waals surface area contributed by atoms with Gasteiger partial charge in [-0.05, 0) is 18.6 Å². The van der Waals surface area contributed by atoms with Gasteiger partial charge in [-0.2, -0.15) is 13.2 Å². The van der Waals surface area contributed by atoms with Gasteiger partial charge in [-0.25, -0.2) is 0 Å². The Hall–Kier alpha value is -1.94. The van der Waals surface area contributed by atoms with Crippen LogP contribution < -0.4 is 10.1 Å². The molecule has 136 valence electrons. The molecule has 0 aliphatic carbocycles. The first-order chi connectivity index (χ1) is 11.6. The maximum atomic E-state index is 12.7. The fourth-order valence-corrected chi connectivity index (χ4v) is 2.80. The maximum absolute atomic E-state index is 12.7. The molecule has 0 unspecified atom stereocenters. The Morgan fingerprint density at radius 1 is 1.40 bits per heavy atom. The van der Waals surface area contributed by atoms with Gasteiger partial charge in [0.2, 0.25) is 11.7 Å². The molecule has 1 aromatic carbocycles. The minimum absolute atomic E-state index is 0.0123. The van der Waals surface area contributed by atoms with E-state index in [1.165, 1.54) is 14.2 Å². The second-order valence-corrected chi connectivity index (χ2v) is 6.35. The SMILES string of the molecule is COc1cc(Cl)c(C)cc1NC(=O)CSc1nnc(C(F)(F)F)n1C. The Kier molecular flexibility index (Phi) is 5.83. The first-order valence-corrected chi connectivity index (χ1v) is 8.23. The number of halogens is 4. The largest absolute Gasteiger partial charge is 0.495 e. The van der Waals surface area contributed by atoms with Crippen molar-refractivity contribution < 1.29 is 22.7 Å². The summed E-state index contributed by atoms with van der Waals surface area (Å²) >= 11 is 6.83. The predicted octanol–water partition coefficient (Wildman–Crippen LogP) is 3.54. The van der Waals surface area contributed by atoms with Crippen molar-refractivity contribution in [2.75, 3.05) is 18.2 Å². The lowest BCUT2D eigenvalue weighted by Gasteiger charge is -2.12. The van der Waals surface area contributed by atoms with E-state index >= 15 is 0 Å². The first kappa shape index (κ1) is 19.4. The Balaban J connectivity index is 2.05. The summed E-state index contributed by atoms with van der Waals surface area (Å²) in [4.78, 5) is 12.1. The summed E-state index contributed by atoms with van der Waals surface area (Å²) in [5, 5.41) is 9.66. The van der Waals surface area contributed by atoms with Gasteiger partial charge >= 0.3 is 6.18 Å². The average Bonchev–Trinajstić information content (AvgIpc) is 2.89. The van der Waals surface area contributed by atoms with Crippen molar-refractivity contribution in [2.24, 2.45) is 7.05 Å². The fourth-order valence-electron chi connectivity index (χ4n) is 1.93. The number of hydrogen-bond acceptors (Lipinski definition) is 5. The summed E-state index contributed by atoms with van der Waals surface area (Å²) in [6, 6.07) is 3.21. The molecule has 2 aromatic rings. The van der Waals surface area contributed by atoms with E-state index in [0.717, 1.165) is 21.9 Å². The van der Waals surface area contributed by atoms with Gasteiger partial charge in [-0.1, -0.05) is 23.4 Å². The van der Waals surface area contributed by atoms with E-state index in [1.54, 1.807) is 19.1 Å². The van der Waals surface area contributed by atoms with Crippen LogP contribution in [0.2, 0.25) is 5.02 Å². The van der Waals surface area contributed by atoms with E-state index in [9.17, 15) is 18.0 Å². The fraction of sp³-hybridized carbons (Fsp3) is 0.357. The number of nitrogens with one attached hydrogen (secondary N) is 1. The number of aromatic nitrogens is 3. The molecule has 0 saturated carbocycles. The van der Waals surface area contributed by atoms with E-state index in [0.29, 0.717) is 16.5 Å². The number of benzene rings is 1. The van der Waals surface area contributed by atoms with Crippen LogP contribution >= 0.6 is 23.4 Å². The van der Waals surface area contributed by atoms with Crippen molar-refractivity contribution in [3.63, 3.8) is 0 Å². The molecule has 0 aliphatic rings. The molecular weight excluding hydrogens is 381 g/mol. The van der Waals surface area contributed by atoms with Crippen molar-refractivity contribution in [3.05, 3.63) is 28.5 Å². The van der Waals surface area contributed by atoms with E-state index in [2.05, 4.69) is 15.5 Å². The second kappa shape index (κ2) is 7.52. The number of carbonyl (C=O) groups excluding carboxylic acids is 1. The number of anilines is 1. The molecule has 2 rings (SSSR count). The van der Waals surface area contributed by atoms with Crippen LogP contribution in [-0.2, 0) is 18.0 Å². The molecule has 1 aromatic heterocycles. The smallest absolute Gasteiger partial charge is 0.451 e. The molecule has 25 heavy (non-hydrogen) atoms. The predicted molar refractivity (Wildman–Crippen MR) is 88.1 cm³/mol. The van der Waals surface area contributed by atoms with Gasteiger partial charge < -0.3 is 14.6 Å². The van der Waals surface area contributed by atoms with Crippen LogP contribution in [0.25, 0.3) is 0 Å². The summed E-state index contributed by atoms with van der Waals surface area (Å²) in [6.45, 7) is 1.77. The number of amides is 1. The standard InChI is InChI=1S/C14H14ClF3N4O2S/c1-7-4-9(10(24-3)5-8(7)15)19-11(23)6-25-13-21-20-12(22(13)2)14(16,17)18/h4-5H,6H2,1-3H3,(H,19,23). The summed E-state index contributed by atoms with van der Waals surface area (Å²) < 4.78 is 43.9. The molecule has 0 saturated heterocycles. The van der Waals surface area contributed by atoms with Crippen molar-refractivity contribution in [2.45, 2.75) is 18.3 Å². The third-order valence-electron chi connectivity index (χ3n) is 3.18. The molecular formula is C14H14ClF3N4O2S. The molecule has 0 aliphatic heterocycles. The molecule has 0 spiro atoms. The van der Waals surface area contributed by atoms with Gasteiger partial charge in [0, 0.05) is 18.1 Å². The number of nitrogens with zero attached hydrogens (tertiary/aromatic N) is 3. The Morgan fingerprint density at radius 3 is 2.64 bits per heavy atom. The lowest BCUT2D eigenvalue weighted by molar-refractivity contribution is -0.147. The number of carbonyl (C=O) groups is 1. The third kappa shape index (κ3) is 4.57. The minimum Gasteiger partial charge on any atom is -0.495 e. The van der Waals surface area contributed by atoms with Crippen molar-refractivity contribution >= 4 is 35.0 Å². The molecule has 1 N–H and O–H groups in total.